The van der Waals surface area contributed by atoms with Crippen molar-refractivity contribution in [3.63, 3.8) is 0 Å². The maximum Gasteiger partial charge on any atom is 0.573 e. The van der Waals surface area contributed by atoms with Crippen LogP contribution in [0.3, 0.4) is 0 Å². The fourth-order valence-corrected chi connectivity index (χ4v) is 1.78. The molecular weight excluding hydrogens is 362 g/mol. The Kier molecular flexibility index (Phi) is 5.77. The number of carbonyl (C=O) groups is 1. The van der Waals surface area contributed by atoms with Gasteiger partial charge in [-0.1, -0.05) is 0 Å². The Hall–Kier alpha value is -3.15. The van der Waals surface area contributed by atoms with Crippen LogP contribution in [0.1, 0.15) is 5.69 Å². The normalized spacial score (nSPS) is 11.0. The summed E-state index contributed by atoms with van der Waals surface area (Å²) in [5.74, 6) is -1.67. The second-order valence-corrected chi connectivity index (χ2v) is 4.75. The van der Waals surface area contributed by atoms with E-state index in [1.807, 2.05) is 0 Å². The average molecular weight is 375 g/mol. The Bertz CT molecular complexity index is 783. The van der Waals surface area contributed by atoms with Crippen molar-refractivity contribution in [2.45, 2.75) is 13.3 Å². The van der Waals surface area contributed by atoms with Gasteiger partial charge >= 0.3 is 12.4 Å². The Morgan fingerprint density at radius 3 is 2.35 bits per heavy atom. The van der Waals surface area contributed by atoms with Crippen molar-refractivity contribution in [3.05, 3.63) is 35.8 Å². The number of aromatic nitrogens is 2. The van der Waals surface area contributed by atoms with E-state index in [1.54, 1.807) is 0 Å². The Labute approximate surface area is 144 Å². The summed E-state index contributed by atoms with van der Waals surface area (Å²) in [5, 5.41) is 4.62. The maximum atomic E-state index is 13.7. The summed E-state index contributed by atoms with van der Waals surface area (Å²) in [6.45, 7) is 1.36. The Morgan fingerprint density at radius 2 is 1.77 bits per heavy atom. The largest absolute Gasteiger partial charge is 0.573 e. The van der Waals surface area contributed by atoms with Crippen molar-refractivity contribution >= 4 is 23.5 Å². The predicted molar refractivity (Wildman–Crippen MR) is 83.1 cm³/mol. The number of benzene rings is 1. The molecule has 0 radical (unpaired) electrons. The molecule has 1 aromatic carbocycles. The summed E-state index contributed by atoms with van der Waals surface area (Å²) in [5.41, 5.74) is 2.35. The van der Waals surface area contributed by atoms with E-state index < -0.39 is 24.0 Å². The molecule has 1 aromatic heterocycles. The molecule has 2 amide bonds. The third-order valence-electron chi connectivity index (χ3n) is 2.79. The molecular formula is C14H13F4N5O3. The van der Waals surface area contributed by atoms with Crippen molar-refractivity contribution in [1.29, 1.82) is 0 Å². The van der Waals surface area contributed by atoms with Crippen molar-refractivity contribution in [2.24, 2.45) is 0 Å². The molecule has 0 aliphatic rings. The van der Waals surface area contributed by atoms with Crippen LogP contribution in [0.2, 0.25) is 0 Å². The van der Waals surface area contributed by atoms with E-state index in [4.69, 9.17) is 0 Å². The molecule has 0 spiro atoms. The molecule has 0 bridgehead atoms. The fraction of sp³-hybridized carbons (Fsp3) is 0.214. The second kappa shape index (κ2) is 7.82. The highest BCUT2D eigenvalue weighted by Crippen LogP contribution is 2.24. The SMILES string of the molecule is CONc1nc(NC(=O)Nc2ccc(OC(F)(F)F)cc2)nc(C)c1F. The highest BCUT2D eigenvalue weighted by Gasteiger charge is 2.30. The van der Waals surface area contributed by atoms with Gasteiger partial charge in [0.15, 0.2) is 11.6 Å². The van der Waals surface area contributed by atoms with E-state index in [9.17, 15) is 22.4 Å². The van der Waals surface area contributed by atoms with Crippen LogP contribution in [0.5, 0.6) is 5.75 Å². The average Bonchev–Trinajstić information content (AvgIpc) is 2.53. The predicted octanol–water partition coefficient (Wildman–Crippen LogP) is 3.44. The van der Waals surface area contributed by atoms with Crippen LogP contribution in [0.4, 0.5) is 39.8 Å². The van der Waals surface area contributed by atoms with Crippen LogP contribution in [-0.2, 0) is 4.84 Å². The number of hydrogen-bond acceptors (Lipinski definition) is 6. The first-order chi connectivity index (χ1) is 12.2. The molecule has 140 valence electrons. The minimum Gasteiger partial charge on any atom is -0.406 e. The van der Waals surface area contributed by atoms with E-state index in [2.05, 4.69) is 35.7 Å². The fourth-order valence-electron chi connectivity index (χ4n) is 1.78. The number of halogens is 4. The molecule has 8 nitrogen and oxygen atoms in total. The summed E-state index contributed by atoms with van der Waals surface area (Å²) < 4.78 is 53.7. The van der Waals surface area contributed by atoms with Gasteiger partial charge in [0.1, 0.15) is 5.75 Å². The van der Waals surface area contributed by atoms with Crippen LogP contribution >= 0.6 is 0 Å². The summed E-state index contributed by atoms with van der Waals surface area (Å²) in [7, 11) is 1.25. The lowest BCUT2D eigenvalue weighted by molar-refractivity contribution is -0.274. The number of alkyl halides is 3. The molecule has 0 aliphatic heterocycles. The lowest BCUT2D eigenvalue weighted by atomic mass is 10.3. The highest BCUT2D eigenvalue weighted by atomic mass is 19.4. The number of nitrogens with one attached hydrogen (secondary N) is 3. The smallest absolute Gasteiger partial charge is 0.406 e. The van der Waals surface area contributed by atoms with Gasteiger partial charge in [-0.15, -0.1) is 13.2 Å². The first-order valence-electron chi connectivity index (χ1n) is 6.95. The zero-order valence-corrected chi connectivity index (χ0v) is 13.4. The number of urea groups is 1. The van der Waals surface area contributed by atoms with Gasteiger partial charge in [0.05, 0.1) is 12.8 Å². The number of aryl methyl sites for hydroxylation is 1. The Morgan fingerprint density at radius 1 is 1.12 bits per heavy atom. The van der Waals surface area contributed by atoms with Gasteiger partial charge in [-0.2, -0.15) is 4.98 Å². The zero-order chi connectivity index (χ0) is 19.3. The van der Waals surface area contributed by atoms with Gasteiger partial charge in [0.2, 0.25) is 5.95 Å². The van der Waals surface area contributed by atoms with Crippen molar-refractivity contribution < 1.29 is 31.9 Å². The van der Waals surface area contributed by atoms with Crippen molar-refractivity contribution in [2.75, 3.05) is 23.2 Å². The third kappa shape index (κ3) is 5.44. The minimum absolute atomic E-state index is 0.0384. The Balaban J connectivity index is 2.02. The van der Waals surface area contributed by atoms with Gasteiger partial charge < -0.3 is 10.1 Å². The molecule has 0 saturated carbocycles. The molecule has 26 heavy (non-hydrogen) atoms. The molecule has 0 saturated heterocycles. The van der Waals surface area contributed by atoms with Gasteiger partial charge in [0.25, 0.3) is 0 Å². The summed E-state index contributed by atoms with van der Waals surface area (Å²) in [6, 6.07) is 3.68. The molecule has 0 fully saturated rings. The van der Waals surface area contributed by atoms with Gasteiger partial charge in [-0.05, 0) is 31.2 Å². The van der Waals surface area contributed by atoms with Crippen LogP contribution in [-0.4, -0.2) is 29.5 Å². The number of nitrogens with zero attached hydrogens (tertiary/aromatic N) is 2. The van der Waals surface area contributed by atoms with Gasteiger partial charge in [0, 0.05) is 5.69 Å². The molecule has 1 heterocycles. The zero-order valence-electron chi connectivity index (χ0n) is 13.4. The third-order valence-corrected chi connectivity index (χ3v) is 2.79. The van der Waals surface area contributed by atoms with E-state index in [0.29, 0.717) is 0 Å². The van der Waals surface area contributed by atoms with Crippen LogP contribution in [0, 0.1) is 12.7 Å². The lowest BCUT2D eigenvalue weighted by Gasteiger charge is -2.11. The van der Waals surface area contributed by atoms with Crippen LogP contribution in [0.25, 0.3) is 0 Å². The van der Waals surface area contributed by atoms with E-state index in [0.717, 1.165) is 12.1 Å². The second-order valence-electron chi connectivity index (χ2n) is 4.75. The summed E-state index contributed by atoms with van der Waals surface area (Å²) in [6.07, 6.45) is -4.81. The summed E-state index contributed by atoms with van der Waals surface area (Å²) >= 11 is 0. The molecule has 3 N–H and O–H groups in total. The first-order valence-corrected chi connectivity index (χ1v) is 6.95. The minimum atomic E-state index is -4.81. The lowest BCUT2D eigenvalue weighted by Crippen LogP contribution is -2.22. The maximum absolute atomic E-state index is 13.7. The monoisotopic (exact) mass is 375 g/mol. The topological polar surface area (TPSA) is 97.4 Å². The number of anilines is 3. The van der Waals surface area contributed by atoms with E-state index >= 15 is 0 Å². The standard InChI is InChI=1S/C14H13F4N5O3/c1-7-10(15)11(23-25-2)21-12(19-7)22-13(24)20-8-3-5-9(6-4-8)26-14(16,17)18/h3-6H,1-2H3,(H3,19,20,21,22,23,24). The van der Waals surface area contributed by atoms with E-state index in [1.165, 1.54) is 26.2 Å². The number of amides is 2. The molecule has 12 heteroatoms. The summed E-state index contributed by atoms with van der Waals surface area (Å²) in [4.78, 5) is 23.9. The number of hydrogen-bond donors (Lipinski definition) is 3. The molecule has 2 aromatic rings. The van der Waals surface area contributed by atoms with Gasteiger partial charge in [-0.25, -0.2) is 19.6 Å². The first kappa shape index (κ1) is 19.2. The van der Waals surface area contributed by atoms with Crippen molar-refractivity contribution in [3.8, 4) is 5.75 Å². The van der Waals surface area contributed by atoms with Crippen molar-refractivity contribution in [1.82, 2.24) is 9.97 Å². The molecule has 0 aliphatic carbocycles. The molecule has 0 unspecified atom stereocenters. The van der Waals surface area contributed by atoms with Crippen LogP contribution < -0.4 is 20.9 Å². The van der Waals surface area contributed by atoms with E-state index in [-0.39, 0.29) is 23.1 Å². The highest BCUT2D eigenvalue weighted by molar-refractivity contribution is 5.98. The number of ether oxygens (including phenoxy) is 1. The number of rotatable bonds is 5. The van der Waals surface area contributed by atoms with Crippen LogP contribution in [0.15, 0.2) is 24.3 Å². The molecule has 2 rings (SSSR count). The molecule has 0 atom stereocenters. The quantitative estimate of drug-likeness (QED) is 0.547. The number of carbonyl (C=O) groups excluding carboxylic acids is 1. The van der Waals surface area contributed by atoms with Gasteiger partial charge in [-0.3, -0.25) is 10.2 Å².